The third kappa shape index (κ3) is 1.84. The van der Waals surface area contributed by atoms with Crippen molar-refractivity contribution in [1.29, 1.82) is 0 Å². The van der Waals surface area contributed by atoms with Crippen LogP contribution < -0.4 is 5.73 Å². The van der Waals surface area contributed by atoms with E-state index in [1.165, 1.54) is 0 Å². The summed E-state index contributed by atoms with van der Waals surface area (Å²) < 4.78 is 5.84. The molecule has 3 aromatic rings. The number of rotatable bonds is 4. The van der Waals surface area contributed by atoms with Crippen LogP contribution in [0.2, 0.25) is 0 Å². The molecule has 3 rings (SSSR count). The number of nitrogens with two attached hydrogens (primary N) is 1. The number of aryl methyl sites for hydroxylation is 5. The standard InChI is InChI=1S/C12H18N8/c1-4-20-11-10(8(2)17-20)15-12(13)19(11)6-5-9-16-14-7-18(9)3/h7H,4-6H2,1-3H3,(H2,13,15). The van der Waals surface area contributed by atoms with Gasteiger partial charge in [0, 0.05) is 26.6 Å². The molecule has 0 bridgehead atoms. The van der Waals surface area contributed by atoms with Crippen LogP contribution in [0.3, 0.4) is 0 Å². The van der Waals surface area contributed by atoms with Crippen molar-refractivity contribution in [2.45, 2.75) is 33.4 Å². The number of imidazole rings is 1. The van der Waals surface area contributed by atoms with E-state index in [2.05, 4.69) is 27.2 Å². The molecule has 0 aliphatic carbocycles. The van der Waals surface area contributed by atoms with E-state index < -0.39 is 0 Å². The first-order valence-corrected chi connectivity index (χ1v) is 6.63. The maximum Gasteiger partial charge on any atom is 0.202 e. The van der Waals surface area contributed by atoms with Crippen molar-refractivity contribution in [3.8, 4) is 0 Å². The molecule has 3 heterocycles. The fraction of sp³-hybridized carbons (Fsp3) is 0.500. The lowest BCUT2D eigenvalue weighted by Gasteiger charge is -2.07. The van der Waals surface area contributed by atoms with Crippen molar-refractivity contribution >= 4 is 17.1 Å². The highest BCUT2D eigenvalue weighted by Gasteiger charge is 2.16. The van der Waals surface area contributed by atoms with E-state index in [9.17, 15) is 0 Å². The summed E-state index contributed by atoms with van der Waals surface area (Å²) in [5, 5.41) is 12.4. The molecule has 20 heavy (non-hydrogen) atoms. The van der Waals surface area contributed by atoms with Gasteiger partial charge in [-0.1, -0.05) is 0 Å². The summed E-state index contributed by atoms with van der Waals surface area (Å²) in [4.78, 5) is 4.42. The number of nitrogens with zero attached hydrogens (tertiary/aromatic N) is 7. The largest absolute Gasteiger partial charge is 0.369 e. The third-order valence-electron chi connectivity index (χ3n) is 3.49. The van der Waals surface area contributed by atoms with Gasteiger partial charge >= 0.3 is 0 Å². The van der Waals surface area contributed by atoms with Crippen LogP contribution in [0, 0.1) is 6.92 Å². The van der Waals surface area contributed by atoms with Crippen LogP contribution in [-0.2, 0) is 26.6 Å². The van der Waals surface area contributed by atoms with Crippen molar-refractivity contribution < 1.29 is 0 Å². The smallest absolute Gasteiger partial charge is 0.202 e. The molecular formula is C12H18N8. The van der Waals surface area contributed by atoms with E-state index in [4.69, 9.17) is 5.73 Å². The number of hydrogen-bond donors (Lipinski definition) is 1. The molecule has 0 amide bonds. The maximum absolute atomic E-state index is 6.04. The summed E-state index contributed by atoms with van der Waals surface area (Å²) in [5.41, 5.74) is 8.80. The van der Waals surface area contributed by atoms with E-state index in [0.29, 0.717) is 12.5 Å². The average Bonchev–Trinajstić information content (AvgIpc) is 3.05. The summed E-state index contributed by atoms with van der Waals surface area (Å²) in [5.74, 6) is 1.44. The molecule has 8 nitrogen and oxygen atoms in total. The van der Waals surface area contributed by atoms with Gasteiger partial charge in [0.1, 0.15) is 17.7 Å². The average molecular weight is 274 g/mol. The zero-order valence-electron chi connectivity index (χ0n) is 11.9. The van der Waals surface area contributed by atoms with Gasteiger partial charge < -0.3 is 10.3 Å². The quantitative estimate of drug-likeness (QED) is 0.748. The molecule has 8 heteroatoms. The van der Waals surface area contributed by atoms with E-state index in [0.717, 1.165) is 35.6 Å². The molecule has 106 valence electrons. The first-order valence-electron chi connectivity index (χ1n) is 6.63. The molecule has 2 N–H and O–H groups in total. The Bertz CT molecular complexity index is 747. The molecule has 0 atom stereocenters. The molecule has 0 fully saturated rings. The summed E-state index contributed by atoms with van der Waals surface area (Å²) >= 11 is 0. The minimum Gasteiger partial charge on any atom is -0.369 e. The monoisotopic (exact) mass is 274 g/mol. The Morgan fingerprint density at radius 2 is 2.15 bits per heavy atom. The highest BCUT2D eigenvalue weighted by molar-refractivity contribution is 5.77. The summed E-state index contributed by atoms with van der Waals surface area (Å²) in [6.45, 7) is 5.51. The normalized spacial score (nSPS) is 11.6. The number of aromatic nitrogens is 7. The lowest BCUT2D eigenvalue weighted by molar-refractivity contribution is 0.617. The minimum atomic E-state index is 0.518. The molecular weight excluding hydrogens is 256 g/mol. The zero-order chi connectivity index (χ0) is 14.3. The van der Waals surface area contributed by atoms with Crippen molar-refractivity contribution in [1.82, 2.24) is 34.1 Å². The highest BCUT2D eigenvalue weighted by Crippen LogP contribution is 2.21. The van der Waals surface area contributed by atoms with Gasteiger partial charge in [0.05, 0.1) is 5.69 Å². The number of anilines is 1. The summed E-state index contributed by atoms with van der Waals surface area (Å²) in [6, 6.07) is 0. The Kier molecular flexibility index (Phi) is 2.92. The Balaban J connectivity index is 1.98. The predicted molar refractivity (Wildman–Crippen MR) is 75.0 cm³/mol. The van der Waals surface area contributed by atoms with Crippen LogP contribution >= 0.6 is 0 Å². The van der Waals surface area contributed by atoms with E-state index >= 15 is 0 Å². The second-order valence-corrected chi connectivity index (χ2v) is 4.80. The van der Waals surface area contributed by atoms with Gasteiger partial charge in [-0.2, -0.15) is 5.10 Å². The van der Waals surface area contributed by atoms with Gasteiger partial charge in [0.2, 0.25) is 5.95 Å². The molecule has 0 unspecified atom stereocenters. The van der Waals surface area contributed by atoms with Crippen molar-refractivity contribution in [2.24, 2.45) is 7.05 Å². The number of fused-ring (bicyclic) bond motifs is 1. The molecule has 3 aromatic heterocycles. The molecule has 0 aliphatic heterocycles. The fourth-order valence-electron chi connectivity index (χ4n) is 2.43. The van der Waals surface area contributed by atoms with E-state index in [-0.39, 0.29) is 0 Å². The van der Waals surface area contributed by atoms with Gasteiger partial charge in [-0.05, 0) is 13.8 Å². The lowest BCUT2D eigenvalue weighted by Crippen LogP contribution is -2.11. The third-order valence-corrected chi connectivity index (χ3v) is 3.49. The first kappa shape index (κ1) is 12.6. The molecule has 0 saturated heterocycles. The van der Waals surface area contributed by atoms with E-state index in [1.54, 1.807) is 6.33 Å². The van der Waals surface area contributed by atoms with Crippen LogP contribution in [0.1, 0.15) is 18.4 Å². The zero-order valence-corrected chi connectivity index (χ0v) is 11.9. The van der Waals surface area contributed by atoms with Gasteiger partial charge in [-0.25, -0.2) is 9.67 Å². The molecule has 0 radical (unpaired) electrons. The van der Waals surface area contributed by atoms with Crippen molar-refractivity contribution in [2.75, 3.05) is 5.73 Å². The van der Waals surface area contributed by atoms with Crippen molar-refractivity contribution in [3.63, 3.8) is 0 Å². The molecule has 0 aliphatic rings. The highest BCUT2D eigenvalue weighted by atomic mass is 15.4. The van der Waals surface area contributed by atoms with Crippen LogP contribution in [0.15, 0.2) is 6.33 Å². The van der Waals surface area contributed by atoms with Crippen LogP contribution in [0.4, 0.5) is 5.95 Å². The van der Waals surface area contributed by atoms with Gasteiger partial charge in [-0.3, -0.25) is 4.57 Å². The topological polar surface area (TPSA) is 92.4 Å². The molecule has 0 aromatic carbocycles. The van der Waals surface area contributed by atoms with Crippen molar-refractivity contribution in [3.05, 3.63) is 17.8 Å². The Hall–Kier alpha value is -2.38. The second kappa shape index (κ2) is 4.62. The van der Waals surface area contributed by atoms with Crippen LogP contribution in [0.25, 0.3) is 11.2 Å². The molecule has 0 saturated carbocycles. The van der Waals surface area contributed by atoms with E-state index in [1.807, 2.05) is 27.8 Å². The molecule has 0 spiro atoms. The van der Waals surface area contributed by atoms with Crippen LogP contribution in [-0.4, -0.2) is 34.1 Å². The Morgan fingerprint density at radius 1 is 1.35 bits per heavy atom. The number of hydrogen-bond acceptors (Lipinski definition) is 5. The second-order valence-electron chi connectivity index (χ2n) is 4.80. The van der Waals surface area contributed by atoms with Crippen LogP contribution in [0.5, 0.6) is 0 Å². The summed E-state index contributed by atoms with van der Waals surface area (Å²) in [6.07, 6.45) is 2.45. The van der Waals surface area contributed by atoms with Gasteiger partial charge in [-0.15, -0.1) is 10.2 Å². The summed E-state index contributed by atoms with van der Waals surface area (Å²) in [7, 11) is 1.93. The fourth-order valence-corrected chi connectivity index (χ4v) is 2.43. The Labute approximate surface area is 116 Å². The van der Waals surface area contributed by atoms with Gasteiger partial charge in [0.15, 0.2) is 5.65 Å². The SMILES string of the molecule is CCn1nc(C)c2nc(N)n(CCc3nncn3C)c21. The predicted octanol–water partition coefficient (Wildman–Crippen LogP) is 0.515. The Morgan fingerprint density at radius 3 is 2.80 bits per heavy atom. The van der Waals surface area contributed by atoms with Gasteiger partial charge in [0.25, 0.3) is 0 Å². The first-order chi connectivity index (χ1) is 9.61. The lowest BCUT2D eigenvalue weighted by atomic mass is 10.4. The minimum absolute atomic E-state index is 0.518. The number of nitrogen functional groups attached to an aromatic ring is 1. The maximum atomic E-state index is 6.04.